The molecule has 116 valence electrons. The van der Waals surface area contributed by atoms with Crippen molar-refractivity contribution in [2.24, 2.45) is 0 Å². The van der Waals surface area contributed by atoms with E-state index in [0.717, 1.165) is 24.6 Å². The Hall–Kier alpha value is -1.30. The summed E-state index contributed by atoms with van der Waals surface area (Å²) in [6.45, 7) is 8.80. The Morgan fingerprint density at radius 2 is 1.90 bits per heavy atom. The number of amides is 1. The minimum Gasteiger partial charge on any atom is -0.444 e. The lowest BCUT2D eigenvalue weighted by Crippen LogP contribution is -2.50. The van der Waals surface area contributed by atoms with Crippen molar-refractivity contribution in [3.8, 4) is 0 Å². The molecular weight excluding hydrogens is 286 g/mol. The molecule has 0 spiro atoms. The number of thiazole rings is 1. The van der Waals surface area contributed by atoms with E-state index in [4.69, 9.17) is 9.72 Å². The zero-order valence-corrected chi connectivity index (χ0v) is 13.8. The molecule has 0 radical (unpaired) electrons. The van der Waals surface area contributed by atoms with Gasteiger partial charge >= 0.3 is 6.09 Å². The summed E-state index contributed by atoms with van der Waals surface area (Å²) in [5.41, 5.74) is 0.870. The summed E-state index contributed by atoms with van der Waals surface area (Å²) >= 11 is 1.83. The maximum absolute atomic E-state index is 12.0. The predicted molar refractivity (Wildman–Crippen MR) is 84.2 cm³/mol. The number of rotatable bonds is 1. The molecule has 1 aromatic heterocycles. The van der Waals surface area contributed by atoms with Crippen LogP contribution in [0.2, 0.25) is 0 Å². The normalized spacial score (nSPS) is 18.8. The van der Waals surface area contributed by atoms with Crippen LogP contribution in [0.25, 0.3) is 0 Å². The Morgan fingerprint density at radius 3 is 2.52 bits per heavy atom. The van der Waals surface area contributed by atoms with E-state index in [-0.39, 0.29) is 6.09 Å². The summed E-state index contributed by atoms with van der Waals surface area (Å²) in [6.07, 6.45) is 3.36. The van der Waals surface area contributed by atoms with Crippen molar-refractivity contribution in [2.45, 2.75) is 45.6 Å². The number of nitrogens with zero attached hydrogens (tertiary/aromatic N) is 3. The monoisotopic (exact) mass is 309 g/mol. The van der Waals surface area contributed by atoms with E-state index in [2.05, 4.69) is 4.90 Å². The summed E-state index contributed by atoms with van der Waals surface area (Å²) in [5.74, 6) is 0. The molecule has 1 aliphatic heterocycles. The van der Waals surface area contributed by atoms with Gasteiger partial charge in [-0.3, -0.25) is 0 Å². The van der Waals surface area contributed by atoms with Crippen LogP contribution in [0.4, 0.5) is 9.93 Å². The van der Waals surface area contributed by atoms with Gasteiger partial charge in [-0.15, -0.1) is 11.3 Å². The van der Waals surface area contributed by atoms with Crippen molar-refractivity contribution < 1.29 is 9.53 Å². The Bertz CT molecular complexity index is 506. The van der Waals surface area contributed by atoms with Gasteiger partial charge in [0.2, 0.25) is 0 Å². The van der Waals surface area contributed by atoms with Crippen molar-refractivity contribution in [3.05, 3.63) is 10.6 Å². The molecule has 5 nitrogen and oxygen atoms in total. The van der Waals surface area contributed by atoms with Gasteiger partial charge in [-0.1, -0.05) is 0 Å². The predicted octanol–water partition coefficient (Wildman–Crippen LogP) is 2.69. The van der Waals surface area contributed by atoms with Crippen LogP contribution in [-0.2, 0) is 17.6 Å². The lowest BCUT2D eigenvalue weighted by Gasteiger charge is -2.35. The van der Waals surface area contributed by atoms with E-state index in [0.29, 0.717) is 13.1 Å². The molecule has 0 bridgehead atoms. The van der Waals surface area contributed by atoms with Crippen molar-refractivity contribution in [3.63, 3.8) is 0 Å². The topological polar surface area (TPSA) is 45.7 Å². The average molecular weight is 309 g/mol. The minimum atomic E-state index is -0.426. The van der Waals surface area contributed by atoms with E-state index in [1.807, 2.05) is 32.1 Å². The number of hydrogen-bond donors (Lipinski definition) is 0. The first-order valence-corrected chi connectivity index (χ1v) is 8.45. The number of anilines is 1. The molecule has 1 fully saturated rings. The van der Waals surface area contributed by atoms with Gasteiger partial charge in [0.15, 0.2) is 5.13 Å². The van der Waals surface area contributed by atoms with Crippen LogP contribution < -0.4 is 4.90 Å². The third-order valence-corrected chi connectivity index (χ3v) is 5.00. The van der Waals surface area contributed by atoms with Gasteiger partial charge in [-0.05, 0) is 40.0 Å². The van der Waals surface area contributed by atoms with Gasteiger partial charge in [0.25, 0.3) is 0 Å². The van der Waals surface area contributed by atoms with Crippen molar-refractivity contribution in [1.29, 1.82) is 0 Å². The Balaban J connectivity index is 1.56. The number of aromatic nitrogens is 1. The van der Waals surface area contributed by atoms with Gasteiger partial charge in [-0.2, -0.15) is 0 Å². The van der Waals surface area contributed by atoms with E-state index >= 15 is 0 Å². The highest BCUT2D eigenvalue weighted by Gasteiger charge is 2.28. The highest BCUT2D eigenvalue weighted by Crippen LogP contribution is 2.33. The summed E-state index contributed by atoms with van der Waals surface area (Å²) in [5, 5.41) is 1.13. The molecule has 6 heteroatoms. The number of piperazine rings is 1. The number of carbonyl (C=O) groups excluding carboxylic acids is 1. The van der Waals surface area contributed by atoms with E-state index < -0.39 is 5.60 Å². The fraction of sp³-hybridized carbons (Fsp3) is 0.733. The first-order chi connectivity index (χ1) is 9.92. The molecular formula is C15H23N3O2S. The first-order valence-electron chi connectivity index (χ1n) is 7.64. The van der Waals surface area contributed by atoms with Gasteiger partial charge in [0.1, 0.15) is 5.60 Å². The van der Waals surface area contributed by atoms with E-state index in [1.54, 1.807) is 4.90 Å². The maximum Gasteiger partial charge on any atom is 0.410 e. The average Bonchev–Trinajstić information content (AvgIpc) is 2.97. The van der Waals surface area contributed by atoms with Crippen molar-refractivity contribution in [2.75, 3.05) is 31.1 Å². The van der Waals surface area contributed by atoms with Crippen LogP contribution in [-0.4, -0.2) is 47.8 Å². The number of aryl methyl sites for hydroxylation is 2. The molecule has 0 aromatic carbocycles. The molecule has 2 aliphatic rings. The summed E-state index contributed by atoms with van der Waals surface area (Å²) < 4.78 is 5.42. The number of ether oxygens (including phenoxy) is 1. The maximum atomic E-state index is 12.0. The Morgan fingerprint density at radius 1 is 1.19 bits per heavy atom. The molecule has 21 heavy (non-hydrogen) atoms. The molecule has 0 unspecified atom stereocenters. The quantitative estimate of drug-likeness (QED) is 0.800. The third kappa shape index (κ3) is 3.31. The lowest BCUT2D eigenvalue weighted by molar-refractivity contribution is 0.0240. The van der Waals surface area contributed by atoms with E-state index in [1.165, 1.54) is 23.4 Å². The number of hydrogen-bond acceptors (Lipinski definition) is 5. The minimum absolute atomic E-state index is 0.205. The van der Waals surface area contributed by atoms with Crippen molar-refractivity contribution >= 4 is 22.6 Å². The second kappa shape index (κ2) is 5.48. The first kappa shape index (κ1) is 14.6. The van der Waals surface area contributed by atoms with E-state index in [9.17, 15) is 4.79 Å². The second-order valence-electron chi connectivity index (χ2n) is 6.67. The largest absolute Gasteiger partial charge is 0.444 e. The van der Waals surface area contributed by atoms with Crippen LogP contribution in [0.15, 0.2) is 0 Å². The summed E-state index contributed by atoms with van der Waals surface area (Å²) in [4.78, 5) is 22.3. The molecule has 3 rings (SSSR count). The van der Waals surface area contributed by atoms with Gasteiger partial charge < -0.3 is 14.5 Å². The SMILES string of the molecule is CC(C)(C)OC(=O)N1CCN(c2nc3c(s2)CCC3)CC1. The van der Waals surface area contributed by atoms with Crippen LogP contribution in [0.1, 0.15) is 37.8 Å². The highest BCUT2D eigenvalue weighted by molar-refractivity contribution is 7.15. The van der Waals surface area contributed by atoms with Crippen LogP contribution in [0.5, 0.6) is 0 Å². The van der Waals surface area contributed by atoms with Crippen LogP contribution >= 0.6 is 11.3 Å². The Kier molecular flexibility index (Phi) is 3.82. The molecule has 1 amide bonds. The summed E-state index contributed by atoms with van der Waals surface area (Å²) in [7, 11) is 0. The number of fused-ring (bicyclic) bond motifs is 1. The standard InChI is InChI=1S/C15H23N3O2S/c1-15(2,3)20-14(19)18-9-7-17(8-10-18)13-16-11-5-4-6-12(11)21-13/h4-10H2,1-3H3. The lowest BCUT2D eigenvalue weighted by atomic mass is 10.2. The molecule has 1 saturated heterocycles. The molecule has 2 heterocycles. The zero-order chi connectivity index (χ0) is 15.0. The second-order valence-corrected chi connectivity index (χ2v) is 7.74. The van der Waals surface area contributed by atoms with Crippen LogP contribution in [0.3, 0.4) is 0 Å². The molecule has 0 saturated carbocycles. The summed E-state index contributed by atoms with van der Waals surface area (Å²) in [6, 6.07) is 0. The smallest absolute Gasteiger partial charge is 0.410 e. The molecule has 0 atom stereocenters. The van der Waals surface area contributed by atoms with Gasteiger partial charge in [0, 0.05) is 31.1 Å². The Labute approximate surface area is 129 Å². The fourth-order valence-electron chi connectivity index (χ4n) is 2.72. The molecule has 0 N–H and O–H groups in total. The third-order valence-electron chi connectivity index (χ3n) is 3.79. The van der Waals surface area contributed by atoms with Gasteiger partial charge in [0.05, 0.1) is 5.69 Å². The zero-order valence-electron chi connectivity index (χ0n) is 13.0. The molecule has 1 aromatic rings. The van der Waals surface area contributed by atoms with Gasteiger partial charge in [-0.25, -0.2) is 9.78 Å². The van der Waals surface area contributed by atoms with Crippen LogP contribution in [0, 0.1) is 0 Å². The highest BCUT2D eigenvalue weighted by atomic mass is 32.1. The molecule has 1 aliphatic carbocycles. The fourth-order valence-corrected chi connectivity index (χ4v) is 3.92. The number of carbonyl (C=O) groups is 1. The van der Waals surface area contributed by atoms with Crippen molar-refractivity contribution in [1.82, 2.24) is 9.88 Å².